The second kappa shape index (κ2) is 3.68. The van der Waals surface area contributed by atoms with Crippen molar-refractivity contribution >= 4 is 38.0 Å². The van der Waals surface area contributed by atoms with E-state index >= 15 is 0 Å². The van der Waals surface area contributed by atoms with Crippen LogP contribution in [-0.4, -0.2) is 16.1 Å². The molecule has 0 saturated carbocycles. The van der Waals surface area contributed by atoms with Gasteiger partial charge in [-0.05, 0) is 24.4 Å². The van der Waals surface area contributed by atoms with Gasteiger partial charge in [0.25, 0.3) is 0 Å². The number of hydrogen-bond donors (Lipinski definition) is 1. The van der Waals surface area contributed by atoms with Crippen LogP contribution in [0.25, 0.3) is 20.2 Å². The third-order valence-corrected chi connectivity index (χ3v) is 4.43. The Morgan fingerprint density at radius 3 is 2.94 bits per heavy atom. The van der Waals surface area contributed by atoms with Crippen molar-refractivity contribution in [2.75, 3.05) is 0 Å². The van der Waals surface area contributed by atoms with Crippen molar-refractivity contribution in [1.29, 1.82) is 0 Å². The normalized spacial score (nSPS) is 11.1. The lowest BCUT2D eigenvalue weighted by atomic mass is 10.4. The van der Waals surface area contributed by atoms with E-state index in [1.54, 1.807) is 29.6 Å². The van der Waals surface area contributed by atoms with E-state index < -0.39 is 5.97 Å². The van der Waals surface area contributed by atoms with Gasteiger partial charge in [-0.15, -0.1) is 22.7 Å². The maximum Gasteiger partial charge on any atom is 0.358 e. The Bertz CT molecular complexity index is 679. The van der Waals surface area contributed by atoms with Crippen molar-refractivity contribution in [2.45, 2.75) is 6.92 Å². The van der Waals surface area contributed by atoms with Crippen LogP contribution in [0.4, 0.5) is 0 Å². The minimum absolute atomic E-state index is 0.0169. The number of thiophene rings is 2. The lowest BCUT2D eigenvalue weighted by molar-refractivity contribution is 0.0689. The molecule has 0 bridgehead atoms. The van der Waals surface area contributed by atoms with Gasteiger partial charge in [0, 0.05) is 9.40 Å². The number of hydrogen-bond acceptors (Lipinski definition) is 5. The zero-order chi connectivity index (χ0) is 12.0. The minimum Gasteiger partial charge on any atom is -0.476 e. The van der Waals surface area contributed by atoms with E-state index in [9.17, 15) is 4.79 Å². The SMILES string of the molecule is Cc1oc(-c2cc3sccc3s2)nc1C(=O)O. The molecule has 0 aliphatic carbocycles. The molecule has 3 aromatic rings. The summed E-state index contributed by atoms with van der Waals surface area (Å²) in [5, 5.41) is 10.9. The van der Waals surface area contributed by atoms with Gasteiger partial charge in [0.05, 0.1) is 4.88 Å². The van der Waals surface area contributed by atoms with Crippen LogP contribution in [0.15, 0.2) is 21.9 Å². The van der Waals surface area contributed by atoms with Crippen molar-refractivity contribution in [3.05, 3.63) is 29.0 Å². The number of fused-ring (bicyclic) bond motifs is 1. The van der Waals surface area contributed by atoms with Crippen LogP contribution in [0.3, 0.4) is 0 Å². The lowest BCUT2D eigenvalue weighted by Gasteiger charge is -1.85. The Balaban J connectivity index is 2.12. The maximum atomic E-state index is 10.9. The smallest absolute Gasteiger partial charge is 0.358 e. The minimum atomic E-state index is -1.06. The van der Waals surface area contributed by atoms with Crippen LogP contribution in [-0.2, 0) is 0 Å². The molecule has 0 aliphatic heterocycles. The van der Waals surface area contributed by atoms with Gasteiger partial charge in [-0.25, -0.2) is 9.78 Å². The molecule has 0 unspecified atom stereocenters. The second-order valence-corrected chi connectivity index (χ2v) is 5.52. The quantitative estimate of drug-likeness (QED) is 0.768. The highest BCUT2D eigenvalue weighted by atomic mass is 32.1. The van der Waals surface area contributed by atoms with Crippen LogP contribution in [0.1, 0.15) is 16.2 Å². The number of rotatable bonds is 2. The van der Waals surface area contributed by atoms with Crippen molar-refractivity contribution in [3.8, 4) is 10.8 Å². The Morgan fingerprint density at radius 2 is 2.29 bits per heavy atom. The van der Waals surface area contributed by atoms with Crippen LogP contribution in [0.5, 0.6) is 0 Å². The highest BCUT2D eigenvalue weighted by Gasteiger charge is 2.18. The first kappa shape index (κ1) is 10.5. The fraction of sp³-hybridized carbons (Fsp3) is 0.0909. The Morgan fingerprint density at radius 1 is 1.47 bits per heavy atom. The van der Waals surface area contributed by atoms with Crippen molar-refractivity contribution in [2.24, 2.45) is 0 Å². The van der Waals surface area contributed by atoms with E-state index in [2.05, 4.69) is 4.98 Å². The largest absolute Gasteiger partial charge is 0.476 e. The number of oxazole rings is 1. The molecule has 86 valence electrons. The number of carbonyl (C=O) groups is 1. The molecule has 0 amide bonds. The summed E-state index contributed by atoms with van der Waals surface area (Å²) in [5.41, 5.74) is -0.0169. The molecule has 3 heterocycles. The van der Waals surface area contributed by atoms with Crippen molar-refractivity contribution in [3.63, 3.8) is 0 Å². The van der Waals surface area contributed by atoms with E-state index in [-0.39, 0.29) is 5.69 Å². The zero-order valence-corrected chi connectivity index (χ0v) is 10.4. The first-order valence-corrected chi connectivity index (χ1v) is 6.53. The summed E-state index contributed by atoms with van der Waals surface area (Å²) < 4.78 is 7.71. The van der Waals surface area contributed by atoms with E-state index in [1.807, 2.05) is 17.5 Å². The molecule has 0 fully saturated rings. The number of carboxylic acids is 1. The molecule has 0 spiro atoms. The third kappa shape index (κ3) is 1.65. The number of aromatic carboxylic acids is 1. The van der Waals surface area contributed by atoms with Crippen molar-refractivity contribution in [1.82, 2.24) is 4.98 Å². The maximum absolute atomic E-state index is 10.9. The summed E-state index contributed by atoms with van der Waals surface area (Å²) in [6.07, 6.45) is 0. The summed E-state index contributed by atoms with van der Waals surface area (Å²) in [5.74, 6) is -0.339. The van der Waals surface area contributed by atoms with Gasteiger partial charge in [-0.1, -0.05) is 0 Å². The van der Waals surface area contributed by atoms with Crippen LogP contribution in [0.2, 0.25) is 0 Å². The van der Waals surface area contributed by atoms with Gasteiger partial charge in [-0.2, -0.15) is 0 Å². The molecule has 0 aliphatic rings. The molecular formula is C11H7NO3S2. The summed E-state index contributed by atoms with van der Waals surface area (Å²) in [6, 6.07) is 4.00. The number of aromatic nitrogens is 1. The van der Waals surface area contributed by atoms with E-state index in [4.69, 9.17) is 9.52 Å². The topological polar surface area (TPSA) is 63.3 Å². The summed E-state index contributed by atoms with van der Waals surface area (Å²) in [4.78, 5) is 15.7. The summed E-state index contributed by atoms with van der Waals surface area (Å²) in [6.45, 7) is 1.61. The van der Waals surface area contributed by atoms with Gasteiger partial charge in [0.2, 0.25) is 5.89 Å². The van der Waals surface area contributed by atoms with Gasteiger partial charge in [-0.3, -0.25) is 0 Å². The monoisotopic (exact) mass is 265 g/mol. The predicted molar refractivity (Wildman–Crippen MR) is 66.9 cm³/mol. The van der Waals surface area contributed by atoms with Gasteiger partial charge < -0.3 is 9.52 Å². The number of nitrogens with zero attached hydrogens (tertiary/aromatic N) is 1. The highest BCUT2D eigenvalue weighted by Crippen LogP contribution is 2.36. The van der Waals surface area contributed by atoms with E-state index in [0.717, 1.165) is 14.3 Å². The Hall–Kier alpha value is -1.66. The number of aryl methyl sites for hydroxylation is 1. The highest BCUT2D eigenvalue weighted by molar-refractivity contribution is 7.28. The van der Waals surface area contributed by atoms with Crippen molar-refractivity contribution < 1.29 is 14.3 Å². The first-order chi connectivity index (χ1) is 8.15. The Labute approximate surface area is 104 Å². The molecule has 0 atom stereocenters. The molecule has 17 heavy (non-hydrogen) atoms. The second-order valence-electron chi connectivity index (χ2n) is 3.49. The van der Waals surface area contributed by atoms with Crippen LogP contribution >= 0.6 is 22.7 Å². The molecule has 3 aromatic heterocycles. The molecule has 3 rings (SSSR count). The fourth-order valence-corrected chi connectivity index (χ4v) is 3.61. The summed E-state index contributed by atoms with van der Waals surface area (Å²) >= 11 is 3.20. The molecular weight excluding hydrogens is 258 g/mol. The van der Waals surface area contributed by atoms with Crippen LogP contribution < -0.4 is 0 Å². The third-order valence-electron chi connectivity index (χ3n) is 2.35. The van der Waals surface area contributed by atoms with Gasteiger partial charge >= 0.3 is 5.97 Å². The molecule has 1 N–H and O–H groups in total. The van der Waals surface area contributed by atoms with Gasteiger partial charge in [0.1, 0.15) is 5.76 Å². The Kier molecular flexibility index (Phi) is 2.27. The zero-order valence-electron chi connectivity index (χ0n) is 8.76. The predicted octanol–water partition coefficient (Wildman–Crippen LogP) is 3.62. The average molecular weight is 265 g/mol. The fourth-order valence-electron chi connectivity index (χ4n) is 1.57. The molecule has 6 heteroatoms. The molecule has 0 saturated heterocycles. The van der Waals surface area contributed by atoms with E-state index in [0.29, 0.717) is 11.7 Å². The van der Waals surface area contributed by atoms with E-state index in [1.165, 1.54) is 0 Å². The van der Waals surface area contributed by atoms with Crippen LogP contribution in [0, 0.1) is 6.92 Å². The lowest BCUT2D eigenvalue weighted by Crippen LogP contribution is -1.98. The molecule has 0 aromatic carbocycles. The standard InChI is InChI=1S/C11H7NO3S2/c1-5-9(11(13)14)12-10(15-5)8-4-7-6(17-8)2-3-16-7/h2-4H,1H3,(H,13,14). The molecule has 0 radical (unpaired) electrons. The summed E-state index contributed by atoms with van der Waals surface area (Å²) in [7, 11) is 0. The average Bonchev–Trinajstić information content (AvgIpc) is 2.88. The van der Waals surface area contributed by atoms with Gasteiger partial charge in [0.15, 0.2) is 5.69 Å². The first-order valence-electron chi connectivity index (χ1n) is 4.83. The molecule has 4 nitrogen and oxygen atoms in total. The number of carboxylic acid groups (broad SMARTS) is 1.